The number of ether oxygens (including phenoxy) is 1. The molecule has 2 saturated heterocycles. The summed E-state index contributed by atoms with van der Waals surface area (Å²) in [6.45, 7) is 6.17. The lowest BCUT2D eigenvalue weighted by Gasteiger charge is -2.43. The summed E-state index contributed by atoms with van der Waals surface area (Å²) in [7, 11) is 0. The zero-order chi connectivity index (χ0) is 24.0. The highest BCUT2D eigenvalue weighted by molar-refractivity contribution is 6.32. The standard InChI is InChI=1S/C23H27Cl2FN6O2/c1-23(2,33)12-32-21(25)20(8-28-32)30-22-27-7-13-5-17(24)16(6-19(13)29-22)15-3-4-31(9-18(15)26)14-10-34-11-14/h5-8,14-15,18,33H,3-4,9-12H2,1-2H3,(H,27,29,30)/t15-,18+/m0/s1. The van der Waals surface area contributed by atoms with E-state index in [0.29, 0.717) is 59.5 Å². The number of nitrogens with one attached hydrogen (secondary N) is 1. The van der Waals surface area contributed by atoms with E-state index in [-0.39, 0.29) is 12.5 Å². The summed E-state index contributed by atoms with van der Waals surface area (Å²) in [6, 6.07) is 3.99. The van der Waals surface area contributed by atoms with Gasteiger partial charge < -0.3 is 15.2 Å². The minimum absolute atomic E-state index is 0.241. The van der Waals surface area contributed by atoms with Gasteiger partial charge in [0.25, 0.3) is 0 Å². The zero-order valence-electron chi connectivity index (χ0n) is 19.0. The Hall–Kier alpha value is -2.04. The quantitative estimate of drug-likeness (QED) is 0.516. The fraction of sp³-hybridized carbons (Fsp3) is 0.522. The molecule has 0 saturated carbocycles. The Morgan fingerprint density at radius 1 is 1.26 bits per heavy atom. The van der Waals surface area contributed by atoms with Gasteiger partial charge in [0.05, 0.1) is 48.8 Å². The van der Waals surface area contributed by atoms with Crippen LogP contribution in [0.4, 0.5) is 16.0 Å². The maximum atomic E-state index is 15.2. The molecule has 5 rings (SSSR count). The van der Waals surface area contributed by atoms with Crippen LogP contribution in [0.15, 0.2) is 24.5 Å². The van der Waals surface area contributed by atoms with Crippen molar-refractivity contribution >= 4 is 45.7 Å². The molecule has 3 aromatic rings. The molecule has 0 spiro atoms. The van der Waals surface area contributed by atoms with Gasteiger partial charge in [0.2, 0.25) is 5.95 Å². The highest BCUT2D eigenvalue weighted by Crippen LogP contribution is 2.38. The van der Waals surface area contributed by atoms with E-state index in [1.807, 2.05) is 6.07 Å². The number of anilines is 2. The summed E-state index contributed by atoms with van der Waals surface area (Å²) in [5, 5.41) is 19.0. The van der Waals surface area contributed by atoms with Gasteiger partial charge in [-0.3, -0.25) is 4.90 Å². The van der Waals surface area contributed by atoms with Gasteiger partial charge in [-0.15, -0.1) is 0 Å². The number of hydrogen-bond acceptors (Lipinski definition) is 7. The maximum absolute atomic E-state index is 15.2. The molecule has 2 aliphatic rings. The van der Waals surface area contributed by atoms with Gasteiger partial charge in [0.1, 0.15) is 6.17 Å². The largest absolute Gasteiger partial charge is 0.389 e. The van der Waals surface area contributed by atoms with Crippen LogP contribution in [0.1, 0.15) is 31.7 Å². The van der Waals surface area contributed by atoms with E-state index in [1.54, 1.807) is 32.3 Å². The molecule has 34 heavy (non-hydrogen) atoms. The fourth-order valence-electron chi connectivity index (χ4n) is 4.51. The third-order valence-electron chi connectivity index (χ3n) is 6.37. The summed E-state index contributed by atoms with van der Waals surface area (Å²) >= 11 is 13.0. The maximum Gasteiger partial charge on any atom is 0.227 e. The van der Waals surface area contributed by atoms with Gasteiger partial charge in [-0.05, 0) is 44.5 Å². The Labute approximate surface area is 207 Å². The minimum Gasteiger partial charge on any atom is -0.389 e. The molecule has 2 N–H and O–H groups in total. The van der Waals surface area contributed by atoms with Crippen LogP contribution in [0.5, 0.6) is 0 Å². The third-order valence-corrected chi connectivity index (χ3v) is 7.09. The molecule has 11 heteroatoms. The number of likely N-dealkylation sites (tertiary alicyclic amines) is 1. The molecule has 0 radical (unpaired) electrons. The first-order chi connectivity index (χ1) is 16.2. The van der Waals surface area contributed by atoms with Crippen molar-refractivity contribution in [3.63, 3.8) is 0 Å². The first kappa shape index (κ1) is 23.7. The van der Waals surface area contributed by atoms with Gasteiger partial charge in [-0.25, -0.2) is 19.0 Å². The van der Waals surface area contributed by atoms with Gasteiger partial charge in [0, 0.05) is 29.1 Å². The van der Waals surface area contributed by atoms with Crippen molar-refractivity contribution in [2.45, 2.75) is 50.5 Å². The minimum atomic E-state index is -1.01. The van der Waals surface area contributed by atoms with Gasteiger partial charge in [-0.2, -0.15) is 5.10 Å². The number of aliphatic hydroxyl groups is 1. The van der Waals surface area contributed by atoms with Crippen molar-refractivity contribution in [1.29, 1.82) is 0 Å². The molecule has 182 valence electrons. The highest BCUT2D eigenvalue weighted by atomic mass is 35.5. The SMILES string of the molecule is CC(C)(O)Cn1ncc(Nc2ncc3cc(Cl)c([C@@H]4CCN(C5COC5)C[C@H]4F)cc3n2)c1Cl. The van der Waals surface area contributed by atoms with Crippen molar-refractivity contribution in [3.8, 4) is 0 Å². The predicted octanol–water partition coefficient (Wildman–Crippen LogP) is 4.17. The Morgan fingerprint density at radius 3 is 2.74 bits per heavy atom. The second-order valence-corrected chi connectivity index (χ2v) is 10.4. The number of benzene rings is 1. The lowest BCUT2D eigenvalue weighted by Crippen LogP contribution is -2.54. The van der Waals surface area contributed by atoms with Crippen molar-refractivity contribution in [1.82, 2.24) is 24.6 Å². The van der Waals surface area contributed by atoms with E-state index in [2.05, 4.69) is 25.3 Å². The number of fused-ring (bicyclic) bond motifs is 1. The average Bonchev–Trinajstić information content (AvgIpc) is 3.05. The third kappa shape index (κ3) is 4.85. The molecule has 2 atom stereocenters. The van der Waals surface area contributed by atoms with E-state index < -0.39 is 11.8 Å². The van der Waals surface area contributed by atoms with E-state index in [4.69, 9.17) is 27.9 Å². The second kappa shape index (κ2) is 9.20. The van der Waals surface area contributed by atoms with E-state index >= 15 is 4.39 Å². The van der Waals surface area contributed by atoms with E-state index in [9.17, 15) is 5.11 Å². The topological polar surface area (TPSA) is 88.3 Å². The number of rotatable bonds is 6. The molecular weight excluding hydrogens is 482 g/mol. The number of halogens is 3. The first-order valence-corrected chi connectivity index (χ1v) is 12.1. The molecule has 2 aliphatic heterocycles. The Bertz CT molecular complexity index is 1200. The molecule has 2 fully saturated rings. The summed E-state index contributed by atoms with van der Waals surface area (Å²) in [4.78, 5) is 11.1. The van der Waals surface area contributed by atoms with Crippen LogP contribution in [0.25, 0.3) is 10.9 Å². The van der Waals surface area contributed by atoms with Gasteiger partial charge in [-0.1, -0.05) is 23.2 Å². The molecule has 2 aromatic heterocycles. The summed E-state index contributed by atoms with van der Waals surface area (Å²) in [5.74, 6) is 0.0529. The van der Waals surface area contributed by atoms with Crippen LogP contribution < -0.4 is 5.32 Å². The lowest BCUT2D eigenvalue weighted by molar-refractivity contribution is -0.0806. The van der Waals surface area contributed by atoms with Crippen LogP contribution in [0, 0.1) is 0 Å². The van der Waals surface area contributed by atoms with Crippen LogP contribution in [0.3, 0.4) is 0 Å². The van der Waals surface area contributed by atoms with E-state index in [0.717, 1.165) is 17.5 Å². The van der Waals surface area contributed by atoms with Gasteiger partial charge >= 0.3 is 0 Å². The zero-order valence-corrected chi connectivity index (χ0v) is 20.5. The molecule has 0 bridgehead atoms. The normalized spacial score (nSPS) is 22.2. The van der Waals surface area contributed by atoms with Crippen molar-refractivity contribution < 1.29 is 14.2 Å². The molecule has 4 heterocycles. The molecule has 8 nitrogen and oxygen atoms in total. The smallest absolute Gasteiger partial charge is 0.227 e. The molecular formula is C23H27Cl2FN6O2. The van der Waals surface area contributed by atoms with Crippen molar-refractivity contribution in [3.05, 3.63) is 40.3 Å². The van der Waals surface area contributed by atoms with Crippen LogP contribution in [-0.4, -0.2) is 73.9 Å². The monoisotopic (exact) mass is 508 g/mol. The summed E-state index contributed by atoms with van der Waals surface area (Å²) in [5.41, 5.74) is 0.999. The second-order valence-electron chi connectivity index (χ2n) is 9.67. The van der Waals surface area contributed by atoms with Crippen LogP contribution in [0.2, 0.25) is 10.2 Å². The Balaban J connectivity index is 1.37. The lowest BCUT2D eigenvalue weighted by atomic mass is 9.86. The van der Waals surface area contributed by atoms with Crippen molar-refractivity contribution in [2.75, 3.05) is 31.6 Å². The molecule has 0 aliphatic carbocycles. The van der Waals surface area contributed by atoms with Crippen LogP contribution in [-0.2, 0) is 11.3 Å². The predicted molar refractivity (Wildman–Crippen MR) is 130 cm³/mol. The number of aromatic nitrogens is 4. The molecule has 0 unspecified atom stereocenters. The van der Waals surface area contributed by atoms with Crippen LogP contribution >= 0.6 is 23.2 Å². The number of hydrogen-bond donors (Lipinski definition) is 2. The Kier molecular flexibility index (Phi) is 6.41. The Morgan fingerprint density at radius 2 is 2.06 bits per heavy atom. The van der Waals surface area contributed by atoms with Gasteiger partial charge in [0.15, 0.2) is 5.15 Å². The number of alkyl halides is 1. The molecule has 1 aromatic carbocycles. The van der Waals surface area contributed by atoms with Crippen molar-refractivity contribution in [2.24, 2.45) is 0 Å². The van der Waals surface area contributed by atoms with E-state index in [1.165, 1.54) is 4.68 Å². The fourth-order valence-corrected chi connectivity index (χ4v) is 5.02. The average molecular weight is 509 g/mol. The number of piperidine rings is 1. The molecule has 0 amide bonds. The number of nitrogens with zero attached hydrogens (tertiary/aromatic N) is 5. The first-order valence-electron chi connectivity index (χ1n) is 11.3. The summed E-state index contributed by atoms with van der Waals surface area (Å²) < 4.78 is 21.9. The summed E-state index contributed by atoms with van der Waals surface area (Å²) in [6.07, 6.45) is 2.91. The highest BCUT2D eigenvalue weighted by Gasteiger charge is 2.36.